The molecule has 1 aromatic rings. The van der Waals surface area contributed by atoms with Crippen molar-refractivity contribution in [3.8, 4) is 0 Å². The van der Waals surface area contributed by atoms with E-state index in [0.29, 0.717) is 5.56 Å². The summed E-state index contributed by atoms with van der Waals surface area (Å²) in [5.74, 6) is 4.89. The number of nitrogens with one attached hydrogen (secondary N) is 1. The quantitative estimate of drug-likeness (QED) is 0.428. The van der Waals surface area contributed by atoms with Crippen LogP contribution in [0.15, 0.2) is 21.2 Å². The van der Waals surface area contributed by atoms with Gasteiger partial charge in [0, 0.05) is 11.3 Å². The molecule has 0 amide bonds. The van der Waals surface area contributed by atoms with E-state index in [1.165, 1.54) is 0 Å². The van der Waals surface area contributed by atoms with Crippen molar-refractivity contribution < 1.29 is 0 Å². The molecule has 5 heteroatoms. The van der Waals surface area contributed by atoms with Gasteiger partial charge >= 0.3 is 0 Å². The predicted molar refractivity (Wildman–Crippen MR) is 53.9 cm³/mol. The van der Waals surface area contributed by atoms with Crippen molar-refractivity contribution in [1.29, 1.82) is 0 Å². The lowest BCUT2D eigenvalue weighted by Gasteiger charge is -2.04. The third-order valence-corrected chi connectivity index (χ3v) is 2.05. The van der Waals surface area contributed by atoms with Crippen LogP contribution in [0, 0.1) is 6.92 Å². The highest BCUT2D eigenvalue weighted by molar-refractivity contribution is 5.26. The van der Waals surface area contributed by atoms with E-state index in [-0.39, 0.29) is 12.1 Å². The number of nitrogens with zero attached hydrogens (tertiary/aromatic N) is 2. The van der Waals surface area contributed by atoms with Crippen LogP contribution in [0.3, 0.4) is 0 Å². The number of aryl methyl sites for hydroxylation is 2. The number of hydrogen-bond acceptors (Lipinski definition) is 3. The molecular weight excluding hydrogens is 180 g/mol. The first kappa shape index (κ1) is 10.4. The van der Waals surface area contributed by atoms with E-state index in [9.17, 15) is 4.79 Å². The van der Waals surface area contributed by atoms with Crippen molar-refractivity contribution in [2.75, 3.05) is 0 Å². The summed E-state index contributed by atoms with van der Waals surface area (Å²) in [6.45, 7) is 4.10. The normalized spacial score (nSPS) is 11.0. The van der Waals surface area contributed by atoms with E-state index in [2.05, 4.69) is 15.3 Å². The third kappa shape index (κ3) is 2.18. The second-order valence-corrected chi connectivity index (χ2v) is 3.05. The van der Waals surface area contributed by atoms with Crippen LogP contribution in [0.1, 0.15) is 23.7 Å². The maximum Gasteiger partial charge on any atom is 0.253 e. The molecule has 0 saturated carbocycles. The van der Waals surface area contributed by atoms with Gasteiger partial charge in [0.05, 0.1) is 6.54 Å². The Morgan fingerprint density at radius 3 is 2.86 bits per heavy atom. The average molecular weight is 194 g/mol. The molecule has 0 bridgehead atoms. The monoisotopic (exact) mass is 194 g/mol. The Kier molecular flexibility index (Phi) is 3.39. The van der Waals surface area contributed by atoms with Gasteiger partial charge in [-0.3, -0.25) is 4.79 Å². The number of hydrogen-bond donors (Lipinski definition) is 2. The molecule has 14 heavy (non-hydrogen) atoms. The van der Waals surface area contributed by atoms with Crippen LogP contribution in [0.25, 0.3) is 0 Å². The topological polar surface area (TPSA) is 83.6 Å². The summed E-state index contributed by atoms with van der Waals surface area (Å²) in [5.41, 5.74) is 2.40. The highest BCUT2D eigenvalue weighted by Crippen LogP contribution is 2.07. The van der Waals surface area contributed by atoms with Crippen LogP contribution in [0.5, 0.6) is 0 Å². The van der Waals surface area contributed by atoms with Gasteiger partial charge in [-0.15, -0.1) is 0 Å². The standard InChI is InChI=1S/C9H14N4O/c1-3-7-4-6(2)12-9(14)8(7)5-11-13-10/h4H,3,5H2,1-2H3,(H2,10,11)(H,12,14). The zero-order chi connectivity index (χ0) is 10.6. The van der Waals surface area contributed by atoms with E-state index in [1.54, 1.807) is 0 Å². The molecule has 5 nitrogen and oxygen atoms in total. The van der Waals surface area contributed by atoms with E-state index < -0.39 is 0 Å². The summed E-state index contributed by atoms with van der Waals surface area (Å²) in [6.07, 6.45) is 0.806. The fraction of sp³-hybridized carbons (Fsp3) is 0.444. The lowest BCUT2D eigenvalue weighted by atomic mass is 10.1. The molecule has 0 saturated heterocycles. The molecule has 0 aliphatic carbocycles. The first-order valence-corrected chi connectivity index (χ1v) is 4.47. The minimum Gasteiger partial charge on any atom is -0.326 e. The fourth-order valence-corrected chi connectivity index (χ4v) is 1.39. The number of aromatic nitrogens is 1. The van der Waals surface area contributed by atoms with Crippen molar-refractivity contribution in [3.05, 3.63) is 33.2 Å². The minimum atomic E-state index is -0.103. The smallest absolute Gasteiger partial charge is 0.253 e. The molecule has 1 heterocycles. The molecular formula is C9H14N4O. The maximum absolute atomic E-state index is 11.5. The van der Waals surface area contributed by atoms with Crippen LogP contribution in [-0.4, -0.2) is 4.98 Å². The highest BCUT2D eigenvalue weighted by Gasteiger charge is 2.05. The van der Waals surface area contributed by atoms with Crippen LogP contribution >= 0.6 is 0 Å². The molecule has 76 valence electrons. The molecule has 0 aromatic carbocycles. The summed E-state index contributed by atoms with van der Waals surface area (Å²) in [7, 11) is 0. The molecule has 0 spiro atoms. The summed E-state index contributed by atoms with van der Waals surface area (Å²) >= 11 is 0. The lowest BCUT2D eigenvalue weighted by Crippen LogP contribution is -2.16. The number of nitrogens with two attached hydrogens (primary N) is 1. The fourth-order valence-electron chi connectivity index (χ4n) is 1.39. The van der Waals surface area contributed by atoms with Gasteiger partial charge < -0.3 is 10.8 Å². The molecule has 1 aromatic heterocycles. The van der Waals surface area contributed by atoms with Crippen molar-refractivity contribution in [3.63, 3.8) is 0 Å². The maximum atomic E-state index is 11.5. The second kappa shape index (κ2) is 4.55. The summed E-state index contributed by atoms with van der Waals surface area (Å²) < 4.78 is 0. The van der Waals surface area contributed by atoms with Crippen LogP contribution < -0.4 is 11.4 Å². The lowest BCUT2D eigenvalue weighted by molar-refractivity contribution is 0.856. The van der Waals surface area contributed by atoms with E-state index in [4.69, 9.17) is 5.84 Å². The minimum absolute atomic E-state index is 0.103. The Morgan fingerprint density at radius 1 is 1.57 bits per heavy atom. The summed E-state index contributed by atoms with van der Waals surface area (Å²) in [6, 6.07) is 1.95. The van der Waals surface area contributed by atoms with Crippen LogP contribution in [0.4, 0.5) is 0 Å². The van der Waals surface area contributed by atoms with Crippen molar-refractivity contribution in [2.45, 2.75) is 26.8 Å². The van der Waals surface area contributed by atoms with Crippen molar-refractivity contribution >= 4 is 0 Å². The van der Waals surface area contributed by atoms with Crippen molar-refractivity contribution in [2.24, 2.45) is 16.2 Å². The molecule has 0 aliphatic heterocycles. The van der Waals surface area contributed by atoms with Gasteiger partial charge in [0.25, 0.3) is 5.56 Å². The molecule has 0 fully saturated rings. The molecule has 0 atom stereocenters. The van der Waals surface area contributed by atoms with E-state index >= 15 is 0 Å². The first-order valence-electron chi connectivity index (χ1n) is 4.47. The SMILES string of the molecule is CCc1cc(C)[nH]c(=O)c1CN=NN. The van der Waals surface area contributed by atoms with Gasteiger partial charge in [0.2, 0.25) is 0 Å². The average Bonchev–Trinajstić information content (AvgIpc) is 2.15. The Morgan fingerprint density at radius 2 is 2.29 bits per heavy atom. The number of rotatable bonds is 3. The molecule has 3 N–H and O–H groups in total. The molecule has 0 radical (unpaired) electrons. The number of pyridine rings is 1. The largest absolute Gasteiger partial charge is 0.326 e. The molecule has 0 unspecified atom stereocenters. The molecule has 1 rings (SSSR count). The Bertz CT molecular complexity index is 394. The third-order valence-electron chi connectivity index (χ3n) is 2.05. The Hall–Kier alpha value is -1.65. The van der Waals surface area contributed by atoms with Gasteiger partial charge in [0.15, 0.2) is 0 Å². The Labute approximate surface area is 82.0 Å². The van der Waals surface area contributed by atoms with Gasteiger partial charge in [-0.1, -0.05) is 12.1 Å². The van der Waals surface area contributed by atoms with Gasteiger partial charge in [0.1, 0.15) is 0 Å². The van der Waals surface area contributed by atoms with Crippen molar-refractivity contribution in [1.82, 2.24) is 4.98 Å². The van der Waals surface area contributed by atoms with Gasteiger partial charge in [-0.2, -0.15) is 5.11 Å². The highest BCUT2D eigenvalue weighted by atomic mass is 16.1. The van der Waals surface area contributed by atoms with Crippen LogP contribution in [0.2, 0.25) is 0 Å². The van der Waals surface area contributed by atoms with Gasteiger partial charge in [-0.25, -0.2) is 0 Å². The second-order valence-electron chi connectivity index (χ2n) is 3.05. The zero-order valence-electron chi connectivity index (χ0n) is 8.37. The number of aromatic amines is 1. The van der Waals surface area contributed by atoms with Crippen LogP contribution in [-0.2, 0) is 13.0 Å². The van der Waals surface area contributed by atoms with E-state index in [1.807, 2.05) is 19.9 Å². The van der Waals surface area contributed by atoms with Gasteiger partial charge in [-0.05, 0) is 25.0 Å². The summed E-state index contributed by atoms with van der Waals surface area (Å²) in [5, 5.41) is 6.77. The first-order chi connectivity index (χ1) is 6.69. The zero-order valence-corrected chi connectivity index (χ0v) is 8.37. The predicted octanol–water partition coefficient (Wildman–Crippen LogP) is 1.07. The van der Waals surface area contributed by atoms with E-state index in [0.717, 1.165) is 17.7 Å². The number of H-pyrrole nitrogens is 1. The Balaban J connectivity index is 3.18. The molecule has 0 aliphatic rings. The summed E-state index contributed by atoms with van der Waals surface area (Å²) in [4.78, 5) is 14.3.